The first-order valence-corrected chi connectivity index (χ1v) is 9.25. The Hall–Kier alpha value is -3.01. The largest absolute Gasteiger partial charge is 0.433 e. The summed E-state index contributed by atoms with van der Waals surface area (Å²) in [6, 6.07) is 11.9. The number of tetrazole rings is 1. The molecule has 146 valence electrons. The van der Waals surface area contributed by atoms with Crippen LogP contribution in [0.5, 0.6) is 5.75 Å². The predicted molar refractivity (Wildman–Crippen MR) is 101 cm³/mol. The number of thioether (sulfide) groups is 1. The highest BCUT2D eigenvalue weighted by molar-refractivity contribution is 7.99. The van der Waals surface area contributed by atoms with E-state index in [2.05, 4.69) is 25.6 Å². The van der Waals surface area contributed by atoms with E-state index in [1.807, 2.05) is 32.0 Å². The van der Waals surface area contributed by atoms with Crippen LogP contribution in [-0.4, -0.2) is 38.5 Å². The number of ether oxygens (including phenoxy) is 1. The number of rotatable bonds is 7. The molecule has 0 bridgehead atoms. The van der Waals surface area contributed by atoms with Gasteiger partial charge in [-0.1, -0.05) is 36.0 Å². The average molecular weight is 405 g/mol. The van der Waals surface area contributed by atoms with Crippen LogP contribution in [0.4, 0.5) is 14.5 Å². The zero-order valence-electron chi connectivity index (χ0n) is 15.1. The van der Waals surface area contributed by atoms with Gasteiger partial charge in [0.15, 0.2) is 0 Å². The molecule has 0 aliphatic carbocycles. The number of para-hydroxylation sites is 2. The summed E-state index contributed by atoms with van der Waals surface area (Å²) >= 11 is 1.14. The second-order valence-electron chi connectivity index (χ2n) is 5.87. The van der Waals surface area contributed by atoms with E-state index >= 15 is 0 Å². The highest BCUT2D eigenvalue weighted by atomic mass is 32.2. The molecular weight excluding hydrogens is 388 g/mol. The van der Waals surface area contributed by atoms with Gasteiger partial charge in [0.25, 0.3) is 0 Å². The fourth-order valence-electron chi connectivity index (χ4n) is 2.45. The van der Waals surface area contributed by atoms with Gasteiger partial charge in [0.05, 0.1) is 17.1 Å². The second kappa shape index (κ2) is 8.79. The molecule has 28 heavy (non-hydrogen) atoms. The Morgan fingerprint density at radius 2 is 2.04 bits per heavy atom. The third-order valence-corrected chi connectivity index (χ3v) is 4.66. The van der Waals surface area contributed by atoms with Crippen LogP contribution in [0.1, 0.15) is 11.1 Å². The average Bonchev–Trinajstić information content (AvgIpc) is 3.11. The molecule has 0 aliphatic rings. The lowest BCUT2D eigenvalue weighted by Crippen LogP contribution is -2.16. The fourth-order valence-corrected chi connectivity index (χ4v) is 3.14. The molecule has 1 N–H and O–H groups in total. The van der Waals surface area contributed by atoms with Crippen LogP contribution in [-0.2, 0) is 4.79 Å². The minimum absolute atomic E-state index is 0.00570. The minimum Gasteiger partial charge on any atom is -0.433 e. The van der Waals surface area contributed by atoms with Gasteiger partial charge in [-0.05, 0) is 53.6 Å². The van der Waals surface area contributed by atoms with E-state index in [9.17, 15) is 13.6 Å². The number of amides is 1. The smallest absolute Gasteiger partial charge is 0.387 e. The summed E-state index contributed by atoms with van der Waals surface area (Å²) < 4.78 is 30.9. The van der Waals surface area contributed by atoms with Crippen molar-refractivity contribution in [1.29, 1.82) is 0 Å². The van der Waals surface area contributed by atoms with Gasteiger partial charge in [0.1, 0.15) is 5.75 Å². The van der Waals surface area contributed by atoms with Gasteiger partial charge in [0.2, 0.25) is 11.1 Å². The Morgan fingerprint density at radius 1 is 1.25 bits per heavy atom. The first kappa shape index (κ1) is 19.7. The van der Waals surface area contributed by atoms with Gasteiger partial charge in [-0.2, -0.15) is 13.5 Å². The monoisotopic (exact) mass is 405 g/mol. The molecule has 3 aromatic rings. The number of hydrogen-bond donors (Lipinski definition) is 1. The summed E-state index contributed by atoms with van der Waals surface area (Å²) in [6.07, 6.45) is 0. The van der Waals surface area contributed by atoms with Gasteiger partial charge in [-0.15, -0.1) is 5.10 Å². The zero-order valence-corrected chi connectivity index (χ0v) is 15.9. The fraction of sp³-hybridized carbons (Fsp3) is 0.222. The van der Waals surface area contributed by atoms with E-state index in [1.54, 1.807) is 16.8 Å². The van der Waals surface area contributed by atoms with Crippen molar-refractivity contribution in [2.45, 2.75) is 25.6 Å². The Kier molecular flexibility index (Phi) is 6.19. The Morgan fingerprint density at radius 3 is 2.82 bits per heavy atom. The number of halogens is 2. The minimum atomic E-state index is -2.98. The van der Waals surface area contributed by atoms with Crippen molar-refractivity contribution in [3.8, 4) is 11.4 Å². The van der Waals surface area contributed by atoms with Crippen molar-refractivity contribution >= 4 is 23.4 Å². The van der Waals surface area contributed by atoms with Crippen LogP contribution < -0.4 is 10.1 Å². The Labute approximate surface area is 164 Å². The number of anilines is 1. The second-order valence-corrected chi connectivity index (χ2v) is 6.82. The first-order valence-electron chi connectivity index (χ1n) is 8.26. The molecule has 1 aromatic heterocycles. The lowest BCUT2D eigenvalue weighted by molar-refractivity contribution is -0.113. The molecule has 0 fully saturated rings. The number of carbonyl (C=O) groups excluding carboxylic acids is 1. The quantitative estimate of drug-likeness (QED) is 0.605. The molecule has 10 heteroatoms. The molecule has 0 aliphatic heterocycles. The molecule has 0 saturated heterocycles. The van der Waals surface area contributed by atoms with Crippen LogP contribution in [0.15, 0.2) is 47.6 Å². The molecule has 1 amide bonds. The number of nitrogens with one attached hydrogen (secondary N) is 1. The molecule has 0 atom stereocenters. The number of carbonyl (C=O) groups is 1. The number of hydrogen-bond acceptors (Lipinski definition) is 6. The third-order valence-electron chi connectivity index (χ3n) is 3.74. The van der Waals surface area contributed by atoms with E-state index in [0.29, 0.717) is 5.16 Å². The lowest BCUT2D eigenvalue weighted by atomic mass is 10.1. The SMILES string of the molecule is Cc1ccc(C)c(-n2nnnc2SCC(=O)Nc2ccccc2OC(F)F)c1. The van der Waals surface area contributed by atoms with Crippen molar-refractivity contribution in [3.63, 3.8) is 0 Å². The number of benzene rings is 2. The summed E-state index contributed by atoms with van der Waals surface area (Å²) in [7, 11) is 0. The van der Waals surface area contributed by atoms with Crippen LogP contribution in [0, 0.1) is 13.8 Å². The predicted octanol–water partition coefficient (Wildman–Crippen LogP) is 3.61. The van der Waals surface area contributed by atoms with Crippen molar-refractivity contribution in [2.75, 3.05) is 11.1 Å². The first-order chi connectivity index (χ1) is 13.4. The van der Waals surface area contributed by atoms with E-state index in [-0.39, 0.29) is 17.2 Å². The van der Waals surface area contributed by atoms with Crippen LogP contribution in [0.25, 0.3) is 5.69 Å². The maximum atomic E-state index is 12.5. The third kappa shape index (κ3) is 4.83. The van der Waals surface area contributed by atoms with Crippen molar-refractivity contribution < 1.29 is 18.3 Å². The number of aryl methyl sites for hydroxylation is 2. The van der Waals surface area contributed by atoms with Gasteiger partial charge < -0.3 is 10.1 Å². The topological polar surface area (TPSA) is 81.9 Å². The number of alkyl halides is 2. The van der Waals surface area contributed by atoms with Gasteiger partial charge in [-0.25, -0.2) is 0 Å². The molecule has 0 unspecified atom stereocenters. The highest BCUT2D eigenvalue weighted by Crippen LogP contribution is 2.26. The molecule has 0 saturated carbocycles. The van der Waals surface area contributed by atoms with E-state index < -0.39 is 12.5 Å². The molecule has 0 radical (unpaired) electrons. The maximum Gasteiger partial charge on any atom is 0.387 e. The van der Waals surface area contributed by atoms with Gasteiger partial charge in [0, 0.05) is 0 Å². The van der Waals surface area contributed by atoms with Crippen molar-refractivity contribution in [2.24, 2.45) is 0 Å². The molecular formula is C18H17F2N5O2S. The summed E-state index contributed by atoms with van der Waals surface area (Å²) in [5, 5.41) is 14.6. The van der Waals surface area contributed by atoms with Crippen LogP contribution >= 0.6 is 11.8 Å². The highest BCUT2D eigenvalue weighted by Gasteiger charge is 2.15. The molecule has 0 spiro atoms. The van der Waals surface area contributed by atoms with Crippen molar-refractivity contribution in [1.82, 2.24) is 20.2 Å². The molecule has 3 rings (SSSR count). The van der Waals surface area contributed by atoms with E-state index in [0.717, 1.165) is 28.6 Å². The van der Waals surface area contributed by atoms with Crippen LogP contribution in [0.3, 0.4) is 0 Å². The summed E-state index contributed by atoms with van der Waals surface area (Å²) in [5.74, 6) is -0.504. The molecule has 1 heterocycles. The zero-order chi connectivity index (χ0) is 20.1. The summed E-state index contributed by atoms with van der Waals surface area (Å²) in [5.41, 5.74) is 3.04. The number of nitrogens with zero attached hydrogens (tertiary/aromatic N) is 4. The number of aromatic nitrogens is 4. The van der Waals surface area contributed by atoms with Crippen LogP contribution in [0.2, 0.25) is 0 Å². The van der Waals surface area contributed by atoms with E-state index in [1.165, 1.54) is 12.1 Å². The Bertz CT molecular complexity index is 980. The summed E-state index contributed by atoms with van der Waals surface area (Å²) in [6.45, 7) is 0.930. The van der Waals surface area contributed by atoms with Crippen molar-refractivity contribution in [3.05, 3.63) is 53.6 Å². The summed E-state index contributed by atoms with van der Waals surface area (Å²) in [4.78, 5) is 12.3. The van der Waals surface area contributed by atoms with E-state index in [4.69, 9.17) is 0 Å². The standard InChI is InChI=1S/C18H17F2N5O2S/c1-11-7-8-12(2)14(9-11)25-18(22-23-24-25)28-10-16(26)21-13-5-3-4-6-15(13)27-17(19)20/h3-9,17H,10H2,1-2H3,(H,21,26). The van der Waals surface area contributed by atoms with Gasteiger partial charge in [-0.3, -0.25) is 4.79 Å². The van der Waals surface area contributed by atoms with Gasteiger partial charge >= 0.3 is 6.61 Å². The normalized spacial score (nSPS) is 10.9. The molecule has 7 nitrogen and oxygen atoms in total. The molecule has 2 aromatic carbocycles. The Balaban J connectivity index is 1.69. The lowest BCUT2D eigenvalue weighted by Gasteiger charge is -2.11. The maximum absolute atomic E-state index is 12.5.